The molecule has 1 fully saturated rings. The van der Waals surface area contributed by atoms with E-state index < -0.39 is 0 Å². The number of hydrogen-bond donors (Lipinski definition) is 0. The van der Waals surface area contributed by atoms with Crippen molar-refractivity contribution in [3.05, 3.63) is 60.4 Å². The molecule has 0 spiro atoms. The van der Waals surface area contributed by atoms with Gasteiger partial charge in [0.2, 0.25) is 0 Å². The van der Waals surface area contributed by atoms with Crippen LogP contribution in [0.25, 0.3) is 0 Å². The highest BCUT2D eigenvalue weighted by atomic mass is 15.2. The summed E-state index contributed by atoms with van der Waals surface area (Å²) in [7, 11) is 0. The van der Waals surface area contributed by atoms with Crippen LogP contribution >= 0.6 is 0 Å². The highest BCUT2D eigenvalue weighted by molar-refractivity contribution is 5.51. The van der Waals surface area contributed by atoms with Crippen LogP contribution in [0.1, 0.15) is 18.0 Å². The Morgan fingerprint density at radius 1 is 1.06 bits per heavy atom. The summed E-state index contributed by atoms with van der Waals surface area (Å²) in [5.41, 5.74) is 2.63. The molecule has 0 saturated carbocycles. The summed E-state index contributed by atoms with van der Waals surface area (Å²) in [5.74, 6) is 0. The molecule has 1 aliphatic heterocycles. The monoisotopic (exact) mass is 210 g/mol. The zero-order chi connectivity index (χ0) is 10.8. The molecule has 0 radical (unpaired) electrons. The van der Waals surface area contributed by atoms with Crippen molar-refractivity contribution in [1.82, 2.24) is 4.98 Å². The molecule has 80 valence electrons. The summed E-state index contributed by atoms with van der Waals surface area (Å²) in [6, 6.07) is 15.3. The van der Waals surface area contributed by atoms with Crippen LogP contribution in [0, 0.1) is 0 Å². The average Bonchev–Trinajstić information content (AvgIpc) is 2.30. The summed E-state index contributed by atoms with van der Waals surface area (Å²) < 4.78 is 0. The first-order valence-corrected chi connectivity index (χ1v) is 5.67. The SMILES string of the molecule is c1ccc(N2CCC2c2cccnc2)cc1. The van der Waals surface area contributed by atoms with Crippen LogP contribution in [-0.4, -0.2) is 11.5 Å². The highest BCUT2D eigenvalue weighted by Crippen LogP contribution is 2.36. The predicted octanol–water partition coefficient (Wildman–Crippen LogP) is 3.03. The topological polar surface area (TPSA) is 16.1 Å². The van der Waals surface area contributed by atoms with Gasteiger partial charge in [-0.3, -0.25) is 4.98 Å². The molecule has 1 aromatic heterocycles. The normalized spacial score (nSPS) is 19.2. The first kappa shape index (κ1) is 9.40. The minimum Gasteiger partial charge on any atom is -0.364 e. The molecule has 2 nitrogen and oxygen atoms in total. The van der Waals surface area contributed by atoms with E-state index in [1.165, 1.54) is 17.7 Å². The fourth-order valence-electron chi connectivity index (χ4n) is 2.24. The number of rotatable bonds is 2. The average molecular weight is 210 g/mol. The van der Waals surface area contributed by atoms with Crippen molar-refractivity contribution >= 4 is 5.69 Å². The summed E-state index contributed by atoms with van der Waals surface area (Å²) in [6.45, 7) is 1.14. The molecule has 16 heavy (non-hydrogen) atoms. The molecule has 1 aliphatic rings. The van der Waals surface area contributed by atoms with E-state index in [2.05, 4.69) is 46.3 Å². The van der Waals surface area contributed by atoms with E-state index in [0.29, 0.717) is 6.04 Å². The van der Waals surface area contributed by atoms with Crippen LogP contribution in [0.5, 0.6) is 0 Å². The van der Waals surface area contributed by atoms with Gasteiger partial charge in [-0.1, -0.05) is 24.3 Å². The number of anilines is 1. The van der Waals surface area contributed by atoms with Crippen LogP contribution < -0.4 is 4.90 Å². The lowest BCUT2D eigenvalue weighted by Crippen LogP contribution is -2.40. The third-order valence-electron chi connectivity index (χ3n) is 3.18. The van der Waals surface area contributed by atoms with Gasteiger partial charge in [0.05, 0.1) is 6.04 Å². The fourth-order valence-corrected chi connectivity index (χ4v) is 2.24. The van der Waals surface area contributed by atoms with E-state index in [-0.39, 0.29) is 0 Å². The Labute approximate surface area is 95.6 Å². The lowest BCUT2D eigenvalue weighted by molar-refractivity contribution is 0.465. The molecule has 1 atom stereocenters. The van der Waals surface area contributed by atoms with Gasteiger partial charge in [-0.15, -0.1) is 0 Å². The van der Waals surface area contributed by atoms with E-state index in [9.17, 15) is 0 Å². The van der Waals surface area contributed by atoms with Crippen LogP contribution in [0.3, 0.4) is 0 Å². The third-order valence-corrected chi connectivity index (χ3v) is 3.18. The van der Waals surface area contributed by atoms with E-state index in [0.717, 1.165) is 6.54 Å². The molecule has 0 amide bonds. The van der Waals surface area contributed by atoms with Gasteiger partial charge < -0.3 is 4.90 Å². The summed E-state index contributed by atoms with van der Waals surface area (Å²) in [4.78, 5) is 6.62. The molecule has 1 unspecified atom stereocenters. The van der Waals surface area contributed by atoms with Crippen molar-refractivity contribution in [2.24, 2.45) is 0 Å². The Balaban J connectivity index is 1.85. The van der Waals surface area contributed by atoms with Gasteiger partial charge in [0.1, 0.15) is 0 Å². The molecule has 1 aromatic carbocycles. The van der Waals surface area contributed by atoms with Gasteiger partial charge in [0.15, 0.2) is 0 Å². The van der Waals surface area contributed by atoms with Gasteiger partial charge in [0, 0.05) is 24.6 Å². The number of pyridine rings is 1. The van der Waals surface area contributed by atoms with E-state index in [4.69, 9.17) is 0 Å². The smallest absolute Gasteiger partial charge is 0.0574 e. The minimum atomic E-state index is 0.510. The summed E-state index contributed by atoms with van der Waals surface area (Å²) >= 11 is 0. The summed E-state index contributed by atoms with van der Waals surface area (Å²) in [5, 5.41) is 0. The molecule has 2 heterocycles. The maximum Gasteiger partial charge on any atom is 0.0574 e. The number of aromatic nitrogens is 1. The molecule has 2 heteroatoms. The fraction of sp³-hybridized carbons (Fsp3) is 0.214. The van der Waals surface area contributed by atoms with Crippen LogP contribution in [-0.2, 0) is 0 Å². The molecular weight excluding hydrogens is 196 g/mol. The number of benzene rings is 1. The van der Waals surface area contributed by atoms with E-state index >= 15 is 0 Å². The number of hydrogen-bond acceptors (Lipinski definition) is 2. The van der Waals surface area contributed by atoms with Gasteiger partial charge in [-0.05, 0) is 30.2 Å². The summed E-state index contributed by atoms with van der Waals surface area (Å²) in [6.07, 6.45) is 5.02. The van der Waals surface area contributed by atoms with E-state index in [1.54, 1.807) is 0 Å². The number of para-hydroxylation sites is 1. The van der Waals surface area contributed by atoms with Crippen molar-refractivity contribution in [3.8, 4) is 0 Å². The van der Waals surface area contributed by atoms with Gasteiger partial charge >= 0.3 is 0 Å². The largest absolute Gasteiger partial charge is 0.364 e. The first-order valence-electron chi connectivity index (χ1n) is 5.67. The van der Waals surface area contributed by atoms with Gasteiger partial charge in [0.25, 0.3) is 0 Å². The van der Waals surface area contributed by atoms with Crippen LogP contribution in [0.2, 0.25) is 0 Å². The molecular formula is C14H14N2. The van der Waals surface area contributed by atoms with Crippen molar-refractivity contribution < 1.29 is 0 Å². The molecule has 1 saturated heterocycles. The Morgan fingerprint density at radius 3 is 2.56 bits per heavy atom. The quantitative estimate of drug-likeness (QED) is 0.757. The zero-order valence-electron chi connectivity index (χ0n) is 9.08. The second-order valence-electron chi connectivity index (χ2n) is 4.12. The highest BCUT2D eigenvalue weighted by Gasteiger charge is 2.29. The molecule has 3 rings (SSSR count). The number of nitrogens with zero attached hydrogens (tertiary/aromatic N) is 2. The maximum absolute atomic E-state index is 4.19. The third kappa shape index (κ3) is 1.56. The first-order chi connectivity index (χ1) is 7.95. The van der Waals surface area contributed by atoms with Crippen molar-refractivity contribution in [2.45, 2.75) is 12.5 Å². The zero-order valence-corrected chi connectivity index (χ0v) is 9.08. The lowest BCUT2D eigenvalue weighted by Gasteiger charge is -2.43. The van der Waals surface area contributed by atoms with Crippen molar-refractivity contribution in [3.63, 3.8) is 0 Å². The standard InChI is InChI=1S/C14H14N2/c1-2-6-13(7-3-1)16-10-8-14(16)12-5-4-9-15-11-12/h1-7,9,11,14H,8,10H2. The van der Waals surface area contributed by atoms with Crippen LogP contribution in [0.15, 0.2) is 54.9 Å². The Morgan fingerprint density at radius 2 is 1.94 bits per heavy atom. The Bertz CT molecular complexity index is 407. The van der Waals surface area contributed by atoms with Gasteiger partial charge in [-0.2, -0.15) is 0 Å². The lowest BCUT2D eigenvalue weighted by atomic mass is 9.95. The molecule has 0 bridgehead atoms. The Hall–Kier alpha value is -1.83. The van der Waals surface area contributed by atoms with Crippen molar-refractivity contribution in [2.75, 3.05) is 11.4 Å². The van der Waals surface area contributed by atoms with Gasteiger partial charge in [-0.25, -0.2) is 0 Å². The molecule has 2 aromatic rings. The second-order valence-corrected chi connectivity index (χ2v) is 4.12. The van der Waals surface area contributed by atoms with Crippen LogP contribution in [0.4, 0.5) is 5.69 Å². The maximum atomic E-state index is 4.19. The Kier molecular flexibility index (Phi) is 2.33. The van der Waals surface area contributed by atoms with E-state index in [1.807, 2.05) is 18.5 Å². The molecule has 0 aliphatic carbocycles. The minimum absolute atomic E-state index is 0.510. The van der Waals surface area contributed by atoms with Crippen molar-refractivity contribution in [1.29, 1.82) is 0 Å². The predicted molar refractivity (Wildman–Crippen MR) is 65.4 cm³/mol. The second kappa shape index (κ2) is 3.97. The molecule has 0 N–H and O–H groups in total.